The van der Waals surface area contributed by atoms with E-state index in [9.17, 15) is 9.90 Å². The van der Waals surface area contributed by atoms with Crippen LogP contribution in [-0.4, -0.2) is 37.3 Å². The molecule has 0 atom stereocenters. The van der Waals surface area contributed by atoms with E-state index in [1.54, 1.807) is 0 Å². The first-order valence-corrected chi connectivity index (χ1v) is 9.55. The second kappa shape index (κ2) is 8.35. The van der Waals surface area contributed by atoms with Gasteiger partial charge in [0.2, 0.25) is 0 Å². The maximum atomic E-state index is 12.2. The van der Waals surface area contributed by atoms with E-state index in [4.69, 9.17) is 4.74 Å². The summed E-state index contributed by atoms with van der Waals surface area (Å²) in [4.78, 5) is 19.3. The maximum Gasteiger partial charge on any atom is 0.344 e. The third-order valence-corrected chi connectivity index (χ3v) is 5.27. The first-order chi connectivity index (χ1) is 13.4. The van der Waals surface area contributed by atoms with Crippen molar-refractivity contribution in [2.75, 3.05) is 26.1 Å². The summed E-state index contributed by atoms with van der Waals surface area (Å²) in [6.07, 6.45) is 1.83. The molecule has 28 heavy (non-hydrogen) atoms. The zero-order valence-corrected chi connectivity index (χ0v) is 17.1. The van der Waals surface area contributed by atoms with Crippen molar-refractivity contribution >= 4 is 40.2 Å². The highest BCUT2D eigenvalue weighted by atomic mass is 32.2. The molecule has 0 bridgehead atoms. The molecule has 0 saturated heterocycles. The minimum Gasteiger partial charge on any atom is -0.506 e. The Kier molecular flexibility index (Phi) is 5.90. The number of hydrogen-bond acceptors (Lipinski definition) is 6. The smallest absolute Gasteiger partial charge is 0.344 e. The number of aliphatic imine (C=N–C) groups is 1. The molecule has 2 aromatic carbocycles. The van der Waals surface area contributed by atoms with E-state index in [-0.39, 0.29) is 11.3 Å². The van der Waals surface area contributed by atoms with E-state index in [1.807, 2.05) is 80.5 Å². The van der Waals surface area contributed by atoms with E-state index in [0.29, 0.717) is 15.6 Å². The summed E-state index contributed by atoms with van der Waals surface area (Å²) < 4.78 is 4.85. The van der Waals surface area contributed by atoms with Crippen molar-refractivity contribution in [3.8, 4) is 0 Å². The first-order valence-electron chi connectivity index (χ1n) is 8.73. The summed E-state index contributed by atoms with van der Waals surface area (Å²) in [5.74, 6) is -0.721. The van der Waals surface area contributed by atoms with Crippen molar-refractivity contribution in [2.24, 2.45) is 4.99 Å². The van der Waals surface area contributed by atoms with Crippen LogP contribution in [0.15, 0.2) is 69.8 Å². The maximum absolute atomic E-state index is 12.2. The predicted molar refractivity (Wildman–Crippen MR) is 116 cm³/mol. The summed E-state index contributed by atoms with van der Waals surface area (Å²) >= 11 is 1.25. The van der Waals surface area contributed by atoms with Crippen LogP contribution in [0.3, 0.4) is 0 Å². The van der Waals surface area contributed by atoms with E-state index < -0.39 is 5.97 Å². The van der Waals surface area contributed by atoms with Crippen LogP contribution in [0, 0.1) is 6.92 Å². The molecule has 3 rings (SSSR count). The van der Waals surface area contributed by atoms with Gasteiger partial charge in [0.15, 0.2) is 0 Å². The highest BCUT2D eigenvalue weighted by Gasteiger charge is 2.32. The lowest BCUT2D eigenvalue weighted by Crippen LogP contribution is -2.10. The molecular formula is C22H22N2O3S. The van der Waals surface area contributed by atoms with Crippen LogP contribution in [0.2, 0.25) is 0 Å². The minimum atomic E-state index is -0.609. The number of esters is 1. The number of methoxy groups -OCH3 is 1. The number of rotatable bonds is 4. The average Bonchev–Trinajstić information content (AvgIpc) is 2.98. The predicted octanol–water partition coefficient (Wildman–Crippen LogP) is 4.86. The number of nitrogens with zero attached hydrogens (tertiary/aromatic N) is 2. The van der Waals surface area contributed by atoms with Crippen molar-refractivity contribution < 1.29 is 14.6 Å². The van der Waals surface area contributed by atoms with Crippen LogP contribution in [0.4, 0.5) is 11.4 Å². The molecule has 6 heteroatoms. The lowest BCUT2D eigenvalue weighted by molar-refractivity contribution is -0.135. The molecule has 0 aromatic heterocycles. The van der Waals surface area contributed by atoms with E-state index in [2.05, 4.69) is 4.99 Å². The molecule has 1 aliphatic heterocycles. The van der Waals surface area contributed by atoms with Crippen LogP contribution >= 0.6 is 11.8 Å². The molecule has 144 valence electrons. The highest BCUT2D eigenvalue weighted by Crippen LogP contribution is 2.40. The quantitative estimate of drug-likeness (QED) is 0.750. The number of aryl methyl sites for hydroxylation is 1. The van der Waals surface area contributed by atoms with Gasteiger partial charge < -0.3 is 14.7 Å². The normalized spacial score (nSPS) is 16.7. The fourth-order valence-corrected chi connectivity index (χ4v) is 3.68. The second-order valence-electron chi connectivity index (χ2n) is 6.56. The molecule has 0 spiro atoms. The summed E-state index contributed by atoms with van der Waals surface area (Å²) in [7, 11) is 5.25. The van der Waals surface area contributed by atoms with Gasteiger partial charge in [0.1, 0.15) is 16.4 Å². The minimum absolute atomic E-state index is 0.0873. The first kappa shape index (κ1) is 19.8. The summed E-state index contributed by atoms with van der Waals surface area (Å²) in [6.45, 7) is 2.00. The molecule has 0 unspecified atom stereocenters. The molecule has 0 radical (unpaired) electrons. The molecule has 2 aromatic rings. The number of thioether (sulfide) groups is 1. The number of aliphatic hydroxyl groups is 1. The molecule has 0 aliphatic carbocycles. The van der Waals surface area contributed by atoms with Crippen molar-refractivity contribution in [1.82, 2.24) is 0 Å². The van der Waals surface area contributed by atoms with Crippen molar-refractivity contribution in [3.63, 3.8) is 0 Å². The number of carbonyl (C=O) groups is 1. The van der Waals surface area contributed by atoms with Crippen LogP contribution < -0.4 is 4.90 Å². The fourth-order valence-electron chi connectivity index (χ4n) is 2.65. The van der Waals surface area contributed by atoms with Gasteiger partial charge in [0.25, 0.3) is 0 Å². The Morgan fingerprint density at radius 1 is 1.11 bits per heavy atom. The molecule has 5 nitrogen and oxygen atoms in total. The SMILES string of the molecule is COC(=O)C1=C(O)/C(=C\c2ccc(N(C)C)cc2)SC1=Nc1ccc(C)cc1. The summed E-state index contributed by atoms with van der Waals surface area (Å²) in [6, 6.07) is 15.6. The molecule has 0 amide bonds. The van der Waals surface area contributed by atoms with Crippen LogP contribution in [0.1, 0.15) is 11.1 Å². The Morgan fingerprint density at radius 2 is 1.75 bits per heavy atom. The summed E-state index contributed by atoms with van der Waals surface area (Å²) in [5.41, 5.74) is 3.91. The Balaban J connectivity index is 1.98. The number of aliphatic hydroxyl groups excluding tert-OH is 1. The van der Waals surface area contributed by atoms with Crippen LogP contribution in [-0.2, 0) is 9.53 Å². The number of benzene rings is 2. The number of anilines is 1. The van der Waals surface area contributed by atoms with Gasteiger partial charge in [-0.3, -0.25) is 0 Å². The third kappa shape index (κ3) is 4.28. The number of hydrogen-bond donors (Lipinski definition) is 1. The topological polar surface area (TPSA) is 62.1 Å². The van der Waals surface area contributed by atoms with Gasteiger partial charge >= 0.3 is 5.97 Å². The van der Waals surface area contributed by atoms with Crippen molar-refractivity contribution in [2.45, 2.75) is 6.92 Å². The lowest BCUT2D eigenvalue weighted by atomic mass is 10.1. The Bertz CT molecular complexity index is 972. The molecular weight excluding hydrogens is 372 g/mol. The summed E-state index contributed by atoms with van der Waals surface area (Å²) in [5, 5.41) is 11.1. The average molecular weight is 394 g/mol. The van der Waals surface area contributed by atoms with Crippen LogP contribution in [0.5, 0.6) is 0 Å². The van der Waals surface area contributed by atoms with Crippen molar-refractivity contribution in [3.05, 3.63) is 75.9 Å². The highest BCUT2D eigenvalue weighted by molar-refractivity contribution is 8.18. The zero-order chi connectivity index (χ0) is 20.3. The van der Waals surface area contributed by atoms with Gasteiger partial charge in [-0.2, -0.15) is 0 Å². The zero-order valence-electron chi connectivity index (χ0n) is 16.3. The van der Waals surface area contributed by atoms with Crippen molar-refractivity contribution in [1.29, 1.82) is 0 Å². The molecule has 1 N–H and O–H groups in total. The van der Waals surface area contributed by atoms with Gasteiger partial charge in [-0.15, -0.1) is 0 Å². The Hall–Kier alpha value is -2.99. The monoisotopic (exact) mass is 394 g/mol. The fraction of sp³-hybridized carbons (Fsp3) is 0.182. The van der Waals surface area contributed by atoms with Gasteiger partial charge in [0.05, 0.1) is 17.7 Å². The van der Waals surface area contributed by atoms with Gasteiger partial charge in [0, 0.05) is 19.8 Å². The molecule has 1 aliphatic rings. The van der Waals surface area contributed by atoms with E-state index in [1.165, 1.54) is 18.9 Å². The number of ether oxygens (including phenoxy) is 1. The number of carbonyl (C=O) groups excluding carboxylic acids is 1. The molecule has 0 saturated carbocycles. The molecule has 1 heterocycles. The van der Waals surface area contributed by atoms with Gasteiger partial charge in [-0.1, -0.05) is 41.6 Å². The van der Waals surface area contributed by atoms with Gasteiger partial charge in [-0.25, -0.2) is 9.79 Å². The molecule has 0 fully saturated rings. The largest absolute Gasteiger partial charge is 0.506 e. The lowest BCUT2D eigenvalue weighted by Gasteiger charge is -2.11. The Labute approximate surface area is 169 Å². The third-order valence-electron chi connectivity index (χ3n) is 4.25. The second-order valence-corrected chi connectivity index (χ2v) is 7.59. The standard InChI is InChI=1S/C22H22N2O3S/c1-14-5-9-16(10-6-14)23-21-19(22(26)27-4)20(25)18(28-21)13-15-7-11-17(12-8-15)24(2)3/h5-13,25H,1-4H3/b18-13+,23-21?. The van der Waals surface area contributed by atoms with Gasteiger partial charge in [-0.05, 0) is 42.8 Å². The van der Waals surface area contributed by atoms with Crippen LogP contribution in [0.25, 0.3) is 6.08 Å². The van der Waals surface area contributed by atoms with E-state index in [0.717, 1.165) is 16.8 Å². The Morgan fingerprint density at radius 3 is 2.32 bits per heavy atom. The van der Waals surface area contributed by atoms with E-state index >= 15 is 0 Å².